The number of hydrogen-bond donors (Lipinski definition) is 5. The van der Waals surface area contributed by atoms with Gasteiger partial charge in [-0.2, -0.15) is 4.98 Å². The van der Waals surface area contributed by atoms with Gasteiger partial charge in [0, 0.05) is 36.2 Å². The first-order valence-electron chi connectivity index (χ1n) is 12.9. The van der Waals surface area contributed by atoms with Gasteiger partial charge < -0.3 is 31.7 Å². The molecular formula is C28H30BrN7O5. The van der Waals surface area contributed by atoms with Crippen molar-refractivity contribution >= 4 is 62.8 Å². The van der Waals surface area contributed by atoms with Crippen molar-refractivity contribution in [3.05, 3.63) is 64.3 Å². The SMILES string of the molecule is CC(C)(C(N)=O)C(=O)NCCCNc1nc(Nc2ccc(NC(=O)c3ccc4c(c3)CCC(=O)O4)cc2)ncc1Br. The van der Waals surface area contributed by atoms with E-state index in [1.165, 1.54) is 13.8 Å². The first kappa shape index (κ1) is 29.5. The zero-order valence-corrected chi connectivity index (χ0v) is 24.1. The van der Waals surface area contributed by atoms with Crippen LogP contribution in [0.1, 0.15) is 42.6 Å². The van der Waals surface area contributed by atoms with Gasteiger partial charge in [0.15, 0.2) is 0 Å². The second-order valence-corrected chi connectivity index (χ2v) is 10.7. The van der Waals surface area contributed by atoms with Gasteiger partial charge in [-0.1, -0.05) is 0 Å². The van der Waals surface area contributed by atoms with E-state index in [0.29, 0.717) is 71.3 Å². The Morgan fingerprint density at radius 2 is 1.78 bits per heavy atom. The van der Waals surface area contributed by atoms with Crippen LogP contribution in [0.2, 0.25) is 0 Å². The average molecular weight is 624 g/mol. The lowest BCUT2D eigenvalue weighted by molar-refractivity contribution is -0.139. The van der Waals surface area contributed by atoms with Crippen LogP contribution in [0.25, 0.3) is 0 Å². The first-order chi connectivity index (χ1) is 19.5. The Bertz CT molecular complexity index is 1480. The quantitative estimate of drug-likeness (QED) is 0.0925. The Kier molecular flexibility index (Phi) is 9.17. The Labute approximate surface area is 245 Å². The van der Waals surface area contributed by atoms with E-state index in [1.54, 1.807) is 48.7 Å². The fourth-order valence-electron chi connectivity index (χ4n) is 3.78. The lowest BCUT2D eigenvalue weighted by Crippen LogP contribution is -2.46. The van der Waals surface area contributed by atoms with Crippen LogP contribution in [0.4, 0.5) is 23.1 Å². The third-order valence-electron chi connectivity index (χ3n) is 6.40. The van der Waals surface area contributed by atoms with E-state index in [0.717, 1.165) is 5.56 Å². The van der Waals surface area contributed by atoms with Gasteiger partial charge >= 0.3 is 5.97 Å². The van der Waals surface area contributed by atoms with Gasteiger partial charge in [0.2, 0.25) is 17.8 Å². The molecule has 3 amide bonds. The largest absolute Gasteiger partial charge is 0.426 e. The molecule has 0 saturated carbocycles. The zero-order valence-electron chi connectivity index (χ0n) is 22.5. The summed E-state index contributed by atoms with van der Waals surface area (Å²) in [5.41, 5.74) is 6.63. The number of primary amides is 1. The lowest BCUT2D eigenvalue weighted by Gasteiger charge is -2.19. The summed E-state index contributed by atoms with van der Waals surface area (Å²) in [4.78, 5) is 56.4. The minimum Gasteiger partial charge on any atom is -0.426 e. The summed E-state index contributed by atoms with van der Waals surface area (Å²) in [5.74, 6) is -0.217. The fraction of sp³-hybridized carbons (Fsp3) is 0.286. The highest BCUT2D eigenvalue weighted by Gasteiger charge is 2.33. The number of nitrogens with one attached hydrogen (secondary N) is 4. The van der Waals surface area contributed by atoms with Crippen LogP contribution in [0.5, 0.6) is 5.75 Å². The number of halogens is 1. The monoisotopic (exact) mass is 623 g/mol. The van der Waals surface area contributed by atoms with Crippen LogP contribution >= 0.6 is 15.9 Å². The minimum atomic E-state index is -1.27. The Morgan fingerprint density at radius 1 is 1.05 bits per heavy atom. The smallest absolute Gasteiger partial charge is 0.311 e. The molecule has 214 valence electrons. The maximum Gasteiger partial charge on any atom is 0.311 e. The number of carbonyl (C=O) groups is 4. The third-order valence-corrected chi connectivity index (χ3v) is 6.98. The van der Waals surface area contributed by atoms with Crippen molar-refractivity contribution in [3.63, 3.8) is 0 Å². The Morgan fingerprint density at radius 3 is 2.51 bits per heavy atom. The standard InChI is InChI=1S/C28H30BrN7O5/c1-28(2,25(30)39)26(40)32-13-3-12-31-23-20(29)15-33-27(36-23)35-19-8-6-18(7-9-19)34-24(38)17-4-10-21-16(14-17)5-11-22(37)41-21/h4,6-10,14-15H,3,5,11-13H2,1-2H3,(H2,30,39)(H,32,40)(H,34,38)(H2,31,33,35,36). The summed E-state index contributed by atoms with van der Waals surface area (Å²) in [5, 5.41) is 11.9. The van der Waals surface area contributed by atoms with E-state index in [-0.39, 0.29) is 11.9 Å². The summed E-state index contributed by atoms with van der Waals surface area (Å²) in [7, 11) is 0. The third kappa shape index (κ3) is 7.57. The number of rotatable bonds is 11. The fourth-order valence-corrected chi connectivity index (χ4v) is 4.11. The van der Waals surface area contributed by atoms with E-state index >= 15 is 0 Å². The summed E-state index contributed by atoms with van der Waals surface area (Å²) in [6.07, 6.45) is 3.04. The number of carbonyl (C=O) groups excluding carboxylic acids is 4. The number of anilines is 4. The molecule has 2 aromatic carbocycles. The first-order valence-corrected chi connectivity index (χ1v) is 13.7. The second kappa shape index (κ2) is 12.8. The molecule has 0 unspecified atom stereocenters. The van der Waals surface area contributed by atoms with Crippen LogP contribution in [-0.4, -0.2) is 46.7 Å². The molecule has 0 bridgehead atoms. The van der Waals surface area contributed by atoms with Crippen molar-refractivity contribution in [3.8, 4) is 5.75 Å². The van der Waals surface area contributed by atoms with E-state index in [4.69, 9.17) is 10.5 Å². The molecule has 1 aromatic heterocycles. The van der Waals surface area contributed by atoms with Crippen LogP contribution in [0.3, 0.4) is 0 Å². The van der Waals surface area contributed by atoms with Gasteiger partial charge in [0.25, 0.3) is 5.91 Å². The topological polar surface area (TPSA) is 177 Å². The molecule has 0 aliphatic carbocycles. The molecule has 0 radical (unpaired) electrons. The molecule has 13 heteroatoms. The van der Waals surface area contributed by atoms with Gasteiger partial charge in [-0.3, -0.25) is 19.2 Å². The number of esters is 1. The molecule has 1 aliphatic rings. The molecule has 4 rings (SSSR count). The number of hydrogen-bond acceptors (Lipinski definition) is 9. The van der Waals surface area contributed by atoms with E-state index < -0.39 is 17.2 Å². The molecule has 0 saturated heterocycles. The summed E-state index contributed by atoms with van der Waals surface area (Å²) in [6.45, 7) is 3.84. The predicted octanol–water partition coefficient (Wildman–Crippen LogP) is 3.52. The van der Waals surface area contributed by atoms with E-state index in [9.17, 15) is 19.2 Å². The minimum absolute atomic E-state index is 0.268. The molecular weight excluding hydrogens is 594 g/mol. The highest BCUT2D eigenvalue weighted by Crippen LogP contribution is 2.27. The summed E-state index contributed by atoms with van der Waals surface area (Å²) < 4.78 is 5.86. The van der Waals surface area contributed by atoms with Gasteiger partial charge in [-0.25, -0.2) is 4.98 Å². The number of benzene rings is 2. The van der Waals surface area contributed by atoms with Crippen LogP contribution in [0, 0.1) is 5.41 Å². The number of aryl methyl sites for hydroxylation is 1. The van der Waals surface area contributed by atoms with Gasteiger partial charge in [0.05, 0.1) is 10.9 Å². The number of nitrogens with two attached hydrogens (primary N) is 1. The molecule has 2 heterocycles. The molecule has 0 atom stereocenters. The van der Waals surface area contributed by atoms with Gasteiger partial charge in [0.1, 0.15) is 17.0 Å². The second-order valence-electron chi connectivity index (χ2n) is 9.87. The number of ether oxygens (including phenoxy) is 1. The van der Waals surface area contributed by atoms with Crippen molar-refractivity contribution in [1.29, 1.82) is 0 Å². The maximum absolute atomic E-state index is 12.7. The lowest BCUT2D eigenvalue weighted by atomic mass is 9.91. The highest BCUT2D eigenvalue weighted by molar-refractivity contribution is 9.10. The van der Waals surface area contributed by atoms with Crippen molar-refractivity contribution in [1.82, 2.24) is 15.3 Å². The van der Waals surface area contributed by atoms with Crippen molar-refractivity contribution in [2.75, 3.05) is 29.0 Å². The molecule has 1 aliphatic heterocycles. The normalized spacial score (nSPS) is 12.5. The predicted molar refractivity (Wildman–Crippen MR) is 157 cm³/mol. The average Bonchev–Trinajstić information content (AvgIpc) is 2.94. The molecule has 0 spiro atoms. The Hall–Kier alpha value is -4.52. The van der Waals surface area contributed by atoms with Crippen LogP contribution in [-0.2, 0) is 20.8 Å². The van der Waals surface area contributed by atoms with Crippen molar-refractivity contribution < 1.29 is 23.9 Å². The van der Waals surface area contributed by atoms with Crippen LogP contribution < -0.4 is 31.7 Å². The summed E-state index contributed by atoms with van der Waals surface area (Å²) in [6, 6.07) is 12.1. The maximum atomic E-state index is 12.7. The van der Waals surface area contributed by atoms with E-state index in [1.807, 2.05) is 0 Å². The molecule has 6 N–H and O–H groups in total. The molecule has 0 fully saturated rings. The highest BCUT2D eigenvalue weighted by atomic mass is 79.9. The van der Waals surface area contributed by atoms with Crippen LogP contribution in [0.15, 0.2) is 53.1 Å². The number of fused-ring (bicyclic) bond motifs is 1. The number of nitrogens with zero attached hydrogens (tertiary/aromatic N) is 2. The molecule has 3 aromatic rings. The zero-order chi connectivity index (χ0) is 29.6. The number of aromatic nitrogens is 2. The Balaban J connectivity index is 1.28. The van der Waals surface area contributed by atoms with Crippen molar-refractivity contribution in [2.45, 2.75) is 33.1 Å². The molecule has 41 heavy (non-hydrogen) atoms. The van der Waals surface area contributed by atoms with E-state index in [2.05, 4.69) is 47.2 Å². The molecule has 12 nitrogen and oxygen atoms in total. The van der Waals surface area contributed by atoms with Gasteiger partial charge in [-0.05, 0) is 90.6 Å². The van der Waals surface area contributed by atoms with Gasteiger partial charge in [-0.15, -0.1) is 0 Å². The summed E-state index contributed by atoms with van der Waals surface area (Å²) >= 11 is 3.43. The number of amides is 3. The van der Waals surface area contributed by atoms with Crippen molar-refractivity contribution in [2.24, 2.45) is 11.1 Å².